The summed E-state index contributed by atoms with van der Waals surface area (Å²) in [4.78, 5) is 10.2. The zero-order valence-corrected chi connectivity index (χ0v) is 49.9. The third-order valence-corrected chi connectivity index (χ3v) is 18.6. The molecule has 0 N–H and O–H groups in total. The Labute approximate surface area is 520 Å². The molecule has 0 saturated heterocycles. The molecule has 0 fully saturated rings. The van der Waals surface area contributed by atoms with Crippen molar-refractivity contribution in [1.82, 2.24) is 0 Å². The lowest BCUT2D eigenvalue weighted by atomic mass is 9.33. The van der Waals surface area contributed by atoms with Gasteiger partial charge >= 0.3 is 0 Å². The number of anilines is 12. The van der Waals surface area contributed by atoms with Crippen LogP contribution in [0.2, 0.25) is 0 Å². The van der Waals surface area contributed by atoms with E-state index in [0.29, 0.717) is 0 Å². The van der Waals surface area contributed by atoms with Gasteiger partial charge in [-0.3, -0.25) is 0 Å². The number of hydrogen-bond acceptors (Lipinski definition) is 4. The Balaban J connectivity index is 0.970. The standard InChI is InChI=1S/C84H61BN4/c1-84(2,3)64-52-79-81-80(53-64)89(68-44-41-57-25-13-14-26-59(57)51-68)78-55-70(87(66-33-11-6-12-34-66)83-73-37-21-17-29-62(73)50-63-30-18-22-38-74(63)83)46-48-76(78)85(81)75-47-45-69(54-77(75)88(79)67-42-39-58(40-43-67)56-23-7-4-8-24-56)86(65-31-9-5-10-32-65)82-71-35-19-15-27-60(71)49-61-28-16-20-36-72(61)82/h4-55H,1-3H3. The summed E-state index contributed by atoms with van der Waals surface area (Å²) >= 11 is 0. The third kappa shape index (κ3) is 8.67. The van der Waals surface area contributed by atoms with Crippen LogP contribution in [0.1, 0.15) is 26.3 Å². The fraction of sp³-hybridized carbons (Fsp3) is 0.0476. The molecule has 0 bridgehead atoms. The molecule has 0 saturated carbocycles. The lowest BCUT2D eigenvalue weighted by Crippen LogP contribution is -2.61. The van der Waals surface area contributed by atoms with E-state index < -0.39 is 0 Å². The lowest BCUT2D eigenvalue weighted by molar-refractivity contribution is 0.590. The lowest BCUT2D eigenvalue weighted by Gasteiger charge is -2.45. The van der Waals surface area contributed by atoms with Gasteiger partial charge in [0, 0.05) is 78.4 Å². The summed E-state index contributed by atoms with van der Waals surface area (Å²) < 4.78 is 0. The van der Waals surface area contributed by atoms with E-state index in [1.54, 1.807) is 0 Å². The zero-order valence-electron chi connectivity index (χ0n) is 49.9. The first-order valence-corrected chi connectivity index (χ1v) is 31.0. The Morgan fingerprint density at radius 1 is 0.281 bits per heavy atom. The summed E-state index contributed by atoms with van der Waals surface area (Å²) in [6, 6.07) is 118. The van der Waals surface area contributed by atoms with E-state index in [2.05, 4.69) is 356 Å². The molecule has 0 spiro atoms. The molecule has 89 heavy (non-hydrogen) atoms. The number of para-hydroxylation sites is 2. The highest BCUT2D eigenvalue weighted by atomic mass is 15.2. The van der Waals surface area contributed by atoms with Gasteiger partial charge in [-0.2, -0.15) is 0 Å². The third-order valence-electron chi connectivity index (χ3n) is 18.6. The smallest absolute Gasteiger partial charge is 0.252 e. The van der Waals surface area contributed by atoms with Crippen molar-refractivity contribution >= 4 is 145 Å². The Bertz CT molecular complexity index is 5160. The highest BCUT2D eigenvalue weighted by Crippen LogP contribution is 2.52. The minimum Gasteiger partial charge on any atom is -0.311 e. The molecule has 0 unspecified atom stereocenters. The summed E-state index contributed by atoms with van der Waals surface area (Å²) in [6.45, 7) is 6.92. The Morgan fingerprint density at radius 2 is 0.663 bits per heavy atom. The molecule has 0 atom stereocenters. The van der Waals surface area contributed by atoms with Crippen LogP contribution in [0.25, 0.3) is 65.0 Å². The highest BCUT2D eigenvalue weighted by molar-refractivity contribution is 7.00. The van der Waals surface area contributed by atoms with Crippen molar-refractivity contribution < 1.29 is 0 Å². The summed E-state index contributed by atoms with van der Waals surface area (Å²) in [5.41, 5.74) is 20.6. The zero-order chi connectivity index (χ0) is 59.3. The van der Waals surface area contributed by atoms with Crippen LogP contribution in [0.4, 0.5) is 68.2 Å². The molecule has 4 nitrogen and oxygen atoms in total. The largest absolute Gasteiger partial charge is 0.311 e. The van der Waals surface area contributed by atoms with E-state index in [0.717, 1.165) is 56.9 Å². The molecule has 5 heteroatoms. The molecular formula is C84H61BN4. The Kier molecular flexibility index (Phi) is 12.2. The fourth-order valence-corrected chi connectivity index (χ4v) is 14.4. The van der Waals surface area contributed by atoms with Gasteiger partial charge in [0.15, 0.2) is 0 Å². The van der Waals surface area contributed by atoms with Gasteiger partial charge in [0.2, 0.25) is 0 Å². The second-order valence-corrected chi connectivity index (χ2v) is 24.9. The molecular weight excluding hydrogens is 1080 g/mol. The molecule has 2 heterocycles. The van der Waals surface area contributed by atoms with Crippen molar-refractivity contribution in [1.29, 1.82) is 0 Å². The molecule has 15 aromatic carbocycles. The number of fused-ring (bicyclic) bond motifs is 9. The van der Waals surface area contributed by atoms with E-state index in [9.17, 15) is 0 Å². The van der Waals surface area contributed by atoms with E-state index in [-0.39, 0.29) is 12.1 Å². The van der Waals surface area contributed by atoms with E-state index >= 15 is 0 Å². The van der Waals surface area contributed by atoms with Crippen LogP contribution < -0.4 is 36.0 Å². The number of hydrogen-bond donors (Lipinski definition) is 0. The van der Waals surface area contributed by atoms with Gasteiger partial charge in [-0.15, -0.1) is 0 Å². The van der Waals surface area contributed by atoms with Gasteiger partial charge in [0.1, 0.15) is 0 Å². The predicted molar refractivity (Wildman–Crippen MR) is 381 cm³/mol. The molecule has 0 aliphatic carbocycles. The van der Waals surface area contributed by atoms with Crippen LogP contribution >= 0.6 is 0 Å². The van der Waals surface area contributed by atoms with Crippen LogP contribution in [-0.4, -0.2) is 6.71 Å². The molecule has 2 aliphatic heterocycles. The normalized spacial score (nSPS) is 12.6. The fourth-order valence-electron chi connectivity index (χ4n) is 14.4. The van der Waals surface area contributed by atoms with Crippen molar-refractivity contribution in [3.63, 3.8) is 0 Å². The number of rotatable bonds is 9. The Hall–Kier alpha value is -11.1. The van der Waals surface area contributed by atoms with Crippen LogP contribution in [0.15, 0.2) is 315 Å². The quantitative estimate of drug-likeness (QED) is 0.105. The van der Waals surface area contributed by atoms with Crippen LogP contribution in [0, 0.1) is 0 Å². The maximum Gasteiger partial charge on any atom is 0.252 e. The van der Waals surface area contributed by atoms with Crippen molar-refractivity contribution in [3.8, 4) is 11.1 Å². The maximum absolute atomic E-state index is 2.60. The van der Waals surface area contributed by atoms with Crippen LogP contribution in [0.3, 0.4) is 0 Å². The van der Waals surface area contributed by atoms with E-state index in [1.807, 2.05) is 0 Å². The summed E-state index contributed by atoms with van der Waals surface area (Å²) in [6.07, 6.45) is 0. The van der Waals surface area contributed by atoms with Crippen molar-refractivity contribution in [2.75, 3.05) is 19.6 Å². The van der Waals surface area contributed by atoms with Crippen molar-refractivity contribution in [3.05, 3.63) is 321 Å². The minimum absolute atomic E-state index is 0.161. The Morgan fingerprint density at radius 3 is 1.12 bits per heavy atom. The van der Waals surface area contributed by atoms with Crippen LogP contribution in [-0.2, 0) is 5.41 Å². The summed E-state index contributed by atoms with van der Waals surface area (Å²) in [5.74, 6) is 0. The van der Waals surface area contributed by atoms with Gasteiger partial charge in [-0.05, 0) is 168 Å². The van der Waals surface area contributed by atoms with E-state index in [1.165, 1.54) is 98.3 Å². The maximum atomic E-state index is 2.60. The van der Waals surface area contributed by atoms with Crippen molar-refractivity contribution in [2.45, 2.75) is 26.2 Å². The SMILES string of the molecule is CC(C)(C)c1cc2c3c(c1)N(c1ccc4ccccc4c1)c1cc(N(c4ccccc4)c4c5ccccc5cc5ccccc45)ccc1B3c1ccc(N(c3ccccc3)c3c4ccccc4cc4ccccc34)cc1N2c1ccc(-c2ccccc2)cc1. The highest BCUT2D eigenvalue weighted by Gasteiger charge is 2.45. The first-order valence-electron chi connectivity index (χ1n) is 31.0. The van der Waals surface area contributed by atoms with Gasteiger partial charge in [0.05, 0.1) is 11.4 Å². The van der Waals surface area contributed by atoms with Gasteiger partial charge < -0.3 is 19.6 Å². The minimum atomic E-state index is -0.234. The number of nitrogens with zero attached hydrogens (tertiary/aromatic N) is 4. The topological polar surface area (TPSA) is 13.0 Å². The number of benzene rings is 15. The first kappa shape index (κ1) is 52.2. The molecule has 0 radical (unpaired) electrons. The van der Waals surface area contributed by atoms with Gasteiger partial charge in [0.25, 0.3) is 6.71 Å². The van der Waals surface area contributed by atoms with Gasteiger partial charge in [-0.25, -0.2) is 0 Å². The second kappa shape index (κ2) is 20.8. The average molecular weight is 1140 g/mol. The monoisotopic (exact) mass is 1140 g/mol. The predicted octanol–water partition coefficient (Wildman–Crippen LogP) is 21.4. The molecule has 0 aromatic heterocycles. The summed E-state index contributed by atoms with van der Waals surface area (Å²) in [5, 5.41) is 12.0. The summed E-state index contributed by atoms with van der Waals surface area (Å²) in [7, 11) is 0. The molecule has 15 aromatic rings. The molecule has 0 amide bonds. The molecule has 17 rings (SSSR count). The molecule has 420 valence electrons. The average Bonchev–Trinajstić information content (AvgIpc) is 0.739. The first-order chi connectivity index (χ1) is 43.8. The van der Waals surface area contributed by atoms with Crippen LogP contribution in [0.5, 0.6) is 0 Å². The van der Waals surface area contributed by atoms with Crippen molar-refractivity contribution in [2.24, 2.45) is 0 Å². The van der Waals surface area contributed by atoms with E-state index in [4.69, 9.17) is 0 Å². The van der Waals surface area contributed by atoms with Gasteiger partial charge in [-0.1, -0.05) is 239 Å². The molecule has 2 aliphatic rings. The second-order valence-electron chi connectivity index (χ2n) is 24.9.